The van der Waals surface area contributed by atoms with E-state index in [0.29, 0.717) is 6.42 Å². The fourth-order valence-corrected chi connectivity index (χ4v) is 2.58. The molecule has 1 unspecified atom stereocenters. The van der Waals surface area contributed by atoms with E-state index in [1.807, 2.05) is 24.3 Å². The van der Waals surface area contributed by atoms with E-state index in [1.165, 1.54) is 0 Å². The number of rotatable bonds is 11. The predicted molar refractivity (Wildman–Crippen MR) is 108 cm³/mol. The number of methoxy groups -OCH3 is 2. The summed E-state index contributed by atoms with van der Waals surface area (Å²) in [6.07, 6.45) is 0.401. The van der Waals surface area contributed by atoms with Crippen LogP contribution in [0.1, 0.15) is 24.0 Å². The summed E-state index contributed by atoms with van der Waals surface area (Å²) in [5, 5.41) is 2.88. The third kappa shape index (κ3) is 7.46. The average Bonchev–Trinajstić information content (AvgIpc) is 2.77. The first-order valence-electron chi connectivity index (χ1n) is 9.31. The Morgan fingerprint density at radius 3 is 1.76 bits per heavy atom. The highest BCUT2D eigenvalue weighted by atomic mass is 16.5. The number of ether oxygens (including phenoxy) is 4. The number of nitrogens with one attached hydrogen (secondary N) is 1. The van der Waals surface area contributed by atoms with Gasteiger partial charge in [-0.05, 0) is 48.9 Å². The second-order valence-electron chi connectivity index (χ2n) is 6.34. The zero-order valence-corrected chi connectivity index (χ0v) is 17.0. The Morgan fingerprint density at radius 2 is 1.31 bits per heavy atom. The van der Waals surface area contributed by atoms with Crippen LogP contribution in [0.4, 0.5) is 0 Å². The number of carbonyl (C=O) groups is 2. The molecule has 0 radical (unpaired) electrons. The second kappa shape index (κ2) is 11.7. The molecule has 1 atom stereocenters. The van der Waals surface area contributed by atoms with Crippen LogP contribution < -0.4 is 14.8 Å². The minimum absolute atomic E-state index is 0.110. The molecule has 7 nitrogen and oxygen atoms in total. The van der Waals surface area contributed by atoms with Gasteiger partial charge in [0, 0.05) is 6.42 Å². The van der Waals surface area contributed by atoms with Crippen molar-refractivity contribution in [3.63, 3.8) is 0 Å². The monoisotopic (exact) mass is 401 g/mol. The molecule has 1 N–H and O–H groups in total. The van der Waals surface area contributed by atoms with E-state index >= 15 is 0 Å². The molecular formula is C22H27NO6. The van der Waals surface area contributed by atoms with Gasteiger partial charge in [-0.3, -0.25) is 9.59 Å². The van der Waals surface area contributed by atoms with Crippen LogP contribution in [-0.2, 0) is 32.3 Å². The smallest absolute Gasteiger partial charge is 0.323 e. The Labute approximate surface area is 170 Å². The van der Waals surface area contributed by atoms with Gasteiger partial charge < -0.3 is 24.3 Å². The average molecular weight is 401 g/mol. The first-order valence-corrected chi connectivity index (χ1v) is 9.31. The highest BCUT2D eigenvalue weighted by Crippen LogP contribution is 2.14. The lowest BCUT2D eigenvalue weighted by atomic mass is 10.1. The Kier molecular flexibility index (Phi) is 8.98. The van der Waals surface area contributed by atoms with Crippen molar-refractivity contribution in [2.24, 2.45) is 0 Å². The standard InChI is InChI=1S/C22H27NO6/c1-23-20(22(25)29-15-17-6-10-19(27-3)11-7-17)12-13-21(24)28-14-16-4-8-18(26-2)9-5-16/h4-11,20,23H,12-15H2,1-3H3. The third-order valence-corrected chi connectivity index (χ3v) is 4.37. The molecule has 0 saturated heterocycles. The quantitative estimate of drug-likeness (QED) is 0.580. The summed E-state index contributed by atoms with van der Waals surface area (Å²) in [6.45, 7) is 0.331. The van der Waals surface area contributed by atoms with Crippen molar-refractivity contribution in [3.8, 4) is 11.5 Å². The van der Waals surface area contributed by atoms with Gasteiger partial charge in [0.15, 0.2) is 0 Å². The molecule has 0 heterocycles. The van der Waals surface area contributed by atoms with Gasteiger partial charge >= 0.3 is 11.9 Å². The first kappa shape index (κ1) is 22.2. The number of esters is 2. The first-order chi connectivity index (χ1) is 14.0. The van der Waals surface area contributed by atoms with Crippen LogP contribution in [0.15, 0.2) is 48.5 Å². The molecule has 0 fully saturated rings. The van der Waals surface area contributed by atoms with Crippen LogP contribution in [-0.4, -0.2) is 39.2 Å². The zero-order chi connectivity index (χ0) is 21.1. The van der Waals surface area contributed by atoms with Crippen molar-refractivity contribution in [2.75, 3.05) is 21.3 Å². The van der Waals surface area contributed by atoms with E-state index in [2.05, 4.69) is 5.32 Å². The molecule has 0 aliphatic heterocycles. The second-order valence-corrected chi connectivity index (χ2v) is 6.34. The highest BCUT2D eigenvalue weighted by Gasteiger charge is 2.20. The molecular weight excluding hydrogens is 374 g/mol. The maximum atomic E-state index is 12.2. The van der Waals surface area contributed by atoms with Gasteiger partial charge in [0.2, 0.25) is 0 Å². The summed E-state index contributed by atoms with van der Waals surface area (Å²) in [6, 6.07) is 14.0. The lowest BCUT2D eigenvalue weighted by Crippen LogP contribution is -2.36. The number of carbonyl (C=O) groups excluding carboxylic acids is 2. The van der Waals surface area contributed by atoms with E-state index in [4.69, 9.17) is 18.9 Å². The molecule has 2 aromatic carbocycles. The maximum Gasteiger partial charge on any atom is 0.323 e. The summed E-state index contributed by atoms with van der Waals surface area (Å²) < 4.78 is 20.8. The van der Waals surface area contributed by atoms with Gasteiger partial charge in [0.05, 0.1) is 14.2 Å². The molecule has 0 aliphatic carbocycles. The van der Waals surface area contributed by atoms with E-state index in [9.17, 15) is 9.59 Å². The van der Waals surface area contributed by atoms with E-state index in [1.54, 1.807) is 45.5 Å². The molecule has 0 aliphatic rings. The van der Waals surface area contributed by atoms with E-state index < -0.39 is 12.0 Å². The molecule has 7 heteroatoms. The molecule has 0 aromatic heterocycles. The summed E-state index contributed by atoms with van der Waals surface area (Å²) in [5.41, 5.74) is 1.72. The van der Waals surface area contributed by atoms with Crippen LogP contribution in [0.3, 0.4) is 0 Å². The molecule has 2 rings (SSSR count). The van der Waals surface area contributed by atoms with Crippen LogP contribution in [0, 0.1) is 0 Å². The number of benzene rings is 2. The number of hydrogen-bond acceptors (Lipinski definition) is 7. The SMILES string of the molecule is CNC(CCC(=O)OCc1ccc(OC)cc1)C(=O)OCc1ccc(OC)cc1. The molecule has 29 heavy (non-hydrogen) atoms. The maximum absolute atomic E-state index is 12.2. The summed E-state index contributed by atoms with van der Waals surface area (Å²) in [5.74, 6) is 0.696. The van der Waals surface area contributed by atoms with Crippen molar-refractivity contribution in [1.29, 1.82) is 0 Å². The van der Waals surface area contributed by atoms with Gasteiger partial charge in [0.1, 0.15) is 30.8 Å². The third-order valence-electron chi connectivity index (χ3n) is 4.37. The van der Waals surface area contributed by atoms with Crippen LogP contribution >= 0.6 is 0 Å². The largest absolute Gasteiger partial charge is 0.497 e. The molecule has 0 spiro atoms. The molecule has 0 amide bonds. The van der Waals surface area contributed by atoms with Crippen LogP contribution in [0.2, 0.25) is 0 Å². The Balaban J connectivity index is 1.72. The summed E-state index contributed by atoms with van der Waals surface area (Å²) >= 11 is 0. The molecule has 0 bridgehead atoms. The van der Waals surface area contributed by atoms with Crippen molar-refractivity contribution < 1.29 is 28.5 Å². The van der Waals surface area contributed by atoms with Gasteiger partial charge in [0.25, 0.3) is 0 Å². The summed E-state index contributed by atoms with van der Waals surface area (Å²) in [4.78, 5) is 24.2. The lowest BCUT2D eigenvalue weighted by molar-refractivity contribution is -0.148. The van der Waals surface area contributed by atoms with Crippen molar-refractivity contribution in [3.05, 3.63) is 59.7 Å². The van der Waals surface area contributed by atoms with Gasteiger partial charge in [-0.2, -0.15) is 0 Å². The molecule has 156 valence electrons. The van der Waals surface area contributed by atoms with E-state index in [0.717, 1.165) is 22.6 Å². The predicted octanol–water partition coefficient (Wildman–Crippen LogP) is 2.86. The lowest BCUT2D eigenvalue weighted by Gasteiger charge is -2.15. The number of hydrogen-bond donors (Lipinski definition) is 1. The topological polar surface area (TPSA) is 83.1 Å². The fraction of sp³-hybridized carbons (Fsp3) is 0.364. The summed E-state index contributed by atoms with van der Waals surface area (Å²) in [7, 11) is 4.84. The number of likely N-dealkylation sites (N-methyl/N-ethyl adjacent to an activating group) is 1. The van der Waals surface area contributed by atoms with Gasteiger partial charge in [-0.1, -0.05) is 24.3 Å². The van der Waals surface area contributed by atoms with E-state index in [-0.39, 0.29) is 25.6 Å². The van der Waals surface area contributed by atoms with Gasteiger partial charge in [-0.25, -0.2) is 0 Å². The minimum atomic E-state index is -0.582. The van der Waals surface area contributed by atoms with Crippen LogP contribution in [0.25, 0.3) is 0 Å². The van der Waals surface area contributed by atoms with Crippen LogP contribution in [0.5, 0.6) is 11.5 Å². The zero-order valence-electron chi connectivity index (χ0n) is 17.0. The minimum Gasteiger partial charge on any atom is -0.497 e. The van der Waals surface area contributed by atoms with Crippen molar-refractivity contribution in [2.45, 2.75) is 32.1 Å². The molecule has 0 saturated carbocycles. The Morgan fingerprint density at radius 1 is 0.828 bits per heavy atom. The van der Waals surface area contributed by atoms with Crippen molar-refractivity contribution >= 4 is 11.9 Å². The highest BCUT2D eigenvalue weighted by molar-refractivity contribution is 5.77. The fourth-order valence-electron chi connectivity index (χ4n) is 2.58. The molecule has 2 aromatic rings. The normalized spacial score (nSPS) is 11.4. The Hall–Kier alpha value is -3.06. The van der Waals surface area contributed by atoms with Crippen molar-refractivity contribution in [1.82, 2.24) is 5.32 Å². The Bertz CT molecular complexity index is 773. The van der Waals surface area contributed by atoms with Gasteiger partial charge in [-0.15, -0.1) is 0 Å².